The van der Waals surface area contributed by atoms with Gasteiger partial charge in [-0.2, -0.15) is 0 Å². The van der Waals surface area contributed by atoms with E-state index < -0.39 is 0 Å². The summed E-state index contributed by atoms with van der Waals surface area (Å²) in [4.78, 5) is 0. The van der Waals surface area contributed by atoms with Crippen molar-refractivity contribution in [2.45, 2.75) is 25.8 Å². The average Bonchev–Trinajstić information content (AvgIpc) is 2.33. The van der Waals surface area contributed by atoms with E-state index in [9.17, 15) is 4.39 Å². The van der Waals surface area contributed by atoms with Gasteiger partial charge in [0, 0.05) is 24.8 Å². The normalized spacial score (nSPS) is 14.5. The molecule has 0 spiro atoms. The van der Waals surface area contributed by atoms with Gasteiger partial charge < -0.3 is 4.74 Å². The SMILES string of the molecule is COCC(C)CC(Cc1cc(F)ccc1Cl)NN. The quantitative estimate of drug-likeness (QED) is 0.593. The summed E-state index contributed by atoms with van der Waals surface area (Å²) in [5, 5.41) is 0.566. The van der Waals surface area contributed by atoms with Crippen molar-refractivity contribution in [3.05, 3.63) is 34.6 Å². The molecule has 0 amide bonds. The Bertz CT molecular complexity index is 376. The Kier molecular flexibility index (Phi) is 6.57. The lowest BCUT2D eigenvalue weighted by Crippen LogP contribution is -2.38. The Labute approximate surface area is 112 Å². The Morgan fingerprint density at radius 2 is 2.22 bits per heavy atom. The molecular formula is C13H20ClFN2O. The van der Waals surface area contributed by atoms with Crippen molar-refractivity contribution in [3.63, 3.8) is 0 Å². The highest BCUT2D eigenvalue weighted by Crippen LogP contribution is 2.20. The van der Waals surface area contributed by atoms with E-state index in [0.29, 0.717) is 24.0 Å². The fourth-order valence-electron chi connectivity index (χ4n) is 2.01. The van der Waals surface area contributed by atoms with Gasteiger partial charge in [0.1, 0.15) is 5.82 Å². The molecule has 0 radical (unpaired) electrons. The maximum atomic E-state index is 13.2. The zero-order valence-corrected chi connectivity index (χ0v) is 11.5. The van der Waals surface area contributed by atoms with Crippen LogP contribution in [0.1, 0.15) is 18.9 Å². The van der Waals surface area contributed by atoms with Gasteiger partial charge in [0.25, 0.3) is 0 Å². The Morgan fingerprint density at radius 3 is 2.83 bits per heavy atom. The van der Waals surface area contributed by atoms with E-state index in [0.717, 1.165) is 12.0 Å². The molecule has 5 heteroatoms. The van der Waals surface area contributed by atoms with Crippen LogP contribution in [-0.2, 0) is 11.2 Å². The number of nitrogens with two attached hydrogens (primary N) is 1. The lowest BCUT2D eigenvalue weighted by molar-refractivity contribution is 0.149. The summed E-state index contributed by atoms with van der Waals surface area (Å²) in [6, 6.07) is 4.42. The van der Waals surface area contributed by atoms with E-state index in [1.54, 1.807) is 13.2 Å². The van der Waals surface area contributed by atoms with Crippen molar-refractivity contribution in [2.24, 2.45) is 11.8 Å². The van der Waals surface area contributed by atoms with Gasteiger partial charge in [-0.15, -0.1) is 0 Å². The van der Waals surface area contributed by atoms with Gasteiger partial charge in [0.2, 0.25) is 0 Å². The largest absolute Gasteiger partial charge is 0.384 e. The number of hydrogen-bond donors (Lipinski definition) is 2. The maximum Gasteiger partial charge on any atom is 0.123 e. The molecule has 0 aliphatic carbocycles. The van der Waals surface area contributed by atoms with E-state index in [2.05, 4.69) is 12.3 Å². The highest BCUT2D eigenvalue weighted by atomic mass is 35.5. The zero-order chi connectivity index (χ0) is 13.5. The molecule has 102 valence electrons. The van der Waals surface area contributed by atoms with Gasteiger partial charge in [-0.3, -0.25) is 11.3 Å². The van der Waals surface area contributed by atoms with Crippen LogP contribution < -0.4 is 11.3 Å². The molecule has 0 aliphatic rings. The van der Waals surface area contributed by atoms with Crippen LogP contribution in [0.4, 0.5) is 4.39 Å². The number of halogens is 2. The summed E-state index contributed by atoms with van der Waals surface area (Å²) < 4.78 is 18.2. The number of rotatable bonds is 7. The van der Waals surface area contributed by atoms with Gasteiger partial charge in [0.15, 0.2) is 0 Å². The summed E-state index contributed by atoms with van der Waals surface area (Å²) in [6.45, 7) is 2.76. The molecular weight excluding hydrogens is 255 g/mol. The van der Waals surface area contributed by atoms with E-state index in [1.165, 1.54) is 12.1 Å². The molecule has 1 rings (SSSR count). The first-order chi connectivity index (χ1) is 8.56. The second-order valence-electron chi connectivity index (χ2n) is 4.60. The fourth-order valence-corrected chi connectivity index (χ4v) is 2.21. The third kappa shape index (κ3) is 4.90. The molecule has 18 heavy (non-hydrogen) atoms. The molecule has 0 heterocycles. The van der Waals surface area contributed by atoms with E-state index in [4.69, 9.17) is 22.2 Å². The van der Waals surface area contributed by atoms with Gasteiger partial charge >= 0.3 is 0 Å². The minimum Gasteiger partial charge on any atom is -0.384 e. The highest BCUT2D eigenvalue weighted by Gasteiger charge is 2.14. The first-order valence-corrected chi connectivity index (χ1v) is 6.33. The first-order valence-electron chi connectivity index (χ1n) is 5.95. The molecule has 1 aromatic carbocycles. The van der Waals surface area contributed by atoms with Crippen LogP contribution in [0.3, 0.4) is 0 Å². The third-order valence-electron chi connectivity index (χ3n) is 2.85. The van der Waals surface area contributed by atoms with Crippen LogP contribution in [0.15, 0.2) is 18.2 Å². The molecule has 1 aromatic rings. The molecule has 3 N–H and O–H groups in total. The predicted molar refractivity (Wildman–Crippen MR) is 71.9 cm³/mol. The van der Waals surface area contributed by atoms with Crippen LogP contribution in [0.2, 0.25) is 5.02 Å². The zero-order valence-electron chi connectivity index (χ0n) is 10.7. The topological polar surface area (TPSA) is 47.3 Å². The van der Waals surface area contributed by atoms with E-state index in [-0.39, 0.29) is 11.9 Å². The highest BCUT2D eigenvalue weighted by molar-refractivity contribution is 6.31. The second kappa shape index (κ2) is 7.69. The van der Waals surface area contributed by atoms with Gasteiger partial charge in [-0.05, 0) is 42.5 Å². The van der Waals surface area contributed by atoms with E-state index >= 15 is 0 Å². The first kappa shape index (κ1) is 15.4. The maximum absolute atomic E-state index is 13.2. The Morgan fingerprint density at radius 1 is 1.50 bits per heavy atom. The summed E-state index contributed by atoms with van der Waals surface area (Å²) in [6.07, 6.45) is 1.44. The average molecular weight is 275 g/mol. The molecule has 2 unspecified atom stereocenters. The second-order valence-corrected chi connectivity index (χ2v) is 5.01. The lowest BCUT2D eigenvalue weighted by Gasteiger charge is -2.20. The molecule has 0 saturated heterocycles. The third-order valence-corrected chi connectivity index (χ3v) is 3.22. The van der Waals surface area contributed by atoms with Gasteiger partial charge in [-0.25, -0.2) is 4.39 Å². The number of hydrogen-bond acceptors (Lipinski definition) is 3. The minimum absolute atomic E-state index is 0.0504. The van der Waals surface area contributed by atoms with Crippen molar-refractivity contribution in [3.8, 4) is 0 Å². The standard InChI is InChI=1S/C13H20ClFN2O/c1-9(8-18-2)5-12(17-16)7-10-6-11(15)3-4-13(10)14/h3-4,6,9,12,17H,5,7-8,16H2,1-2H3. The lowest BCUT2D eigenvalue weighted by atomic mass is 9.97. The smallest absolute Gasteiger partial charge is 0.123 e. The van der Waals surface area contributed by atoms with Crippen LogP contribution in [-0.4, -0.2) is 19.8 Å². The van der Waals surface area contributed by atoms with Crippen molar-refractivity contribution in [2.75, 3.05) is 13.7 Å². The Hall–Kier alpha value is -0.680. The molecule has 3 nitrogen and oxygen atoms in total. The number of hydrazine groups is 1. The molecule has 0 bridgehead atoms. The summed E-state index contributed by atoms with van der Waals surface area (Å²) >= 11 is 6.04. The summed E-state index contributed by atoms with van der Waals surface area (Å²) in [5.41, 5.74) is 3.52. The van der Waals surface area contributed by atoms with Crippen LogP contribution in [0.25, 0.3) is 0 Å². The number of ether oxygens (including phenoxy) is 1. The molecule has 0 saturated carbocycles. The van der Waals surface area contributed by atoms with Crippen molar-refractivity contribution >= 4 is 11.6 Å². The van der Waals surface area contributed by atoms with Crippen LogP contribution in [0.5, 0.6) is 0 Å². The molecule has 0 aliphatic heterocycles. The minimum atomic E-state index is -0.282. The van der Waals surface area contributed by atoms with Crippen LogP contribution in [0, 0.1) is 11.7 Å². The molecule has 0 aromatic heterocycles. The summed E-state index contributed by atoms with van der Waals surface area (Å²) in [7, 11) is 1.67. The monoisotopic (exact) mass is 274 g/mol. The van der Waals surface area contributed by atoms with Gasteiger partial charge in [-0.1, -0.05) is 18.5 Å². The molecule has 0 fully saturated rings. The number of benzene rings is 1. The van der Waals surface area contributed by atoms with Crippen molar-refractivity contribution in [1.82, 2.24) is 5.43 Å². The van der Waals surface area contributed by atoms with Gasteiger partial charge in [0.05, 0.1) is 0 Å². The summed E-state index contributed by atoms with van der Waals surface area (Å²) in [5.74, 6) is 5.62. The Balaban J connectivity index is 2.64. The number of nitrogens with one attached hydrogen (secondary N) is 1. The predicted octanol–water partition coefficient (Wildman–Crippen LogP) is 2.53. The van der Waals surface area contributed by atoms with Crippen molar-refractivity contribution < 1.29 is 9.13 Å². The number of methoxy groups -OCH3 is 1. The van der Waals surface area contributed by atoms with Crippen molar-refractivity contribution in [1.29, 1.82) is 0 Å². The van der Waals surface area contributed by atoms with E-state index in [1.807, 2.05) is 0 Å². The molecule has 2 atom stereocenters. The fraction of sp³-hybridized carbons (Fsp3) is 0.538. The van der Waals surface area contributed by atoms with Crippen LogP contribution >= 0.6 is 11.6 Å².